The highest BCUT2D eigenvalue weighted by Crippen LogP contribution is 2.38. The average molecular weight is 290 g/mol. The van der Waals surface area contributed by atoms with E-state index in [0.29, 0.717) is 17.5 Å². The van der Waals surface area contributed by atoms with Gasteiger partial charge in [-0.2, -0.15) is 0 Å². The van der Waals surface area contributed by atoms with E-state index in [0.717, 1.165) is 23.0 Å². The highest BCUT2D eigenvalue weighted by Gasteiger charge is 2.26. The van der Waals surface area contributed by atoms with Gasteiger partial charge in [-0.05, 0) is 37.1 Å². The van der Waals surface area contributed by atoms with Crippen LogP contribution in [0.3, 0.4) is 0 Å². The zero-order valence-corrected chi connectivity index (χ0v) is 12.0. The summed E-state index contributed by atoms with van der Waals surface area (Å²) in [5.41, 5.74) is 1.01. The third-order valence-electron chi connectivity index (χ3n) is 3.32. The summed E-state index contributed by atoms with van der Waals surface area (Å²) >= 11 is 6.02. The second-order valence-electron chi connectivity index (χ2n) is 4.88. The summed E-state index contributed by atoms with van der Waals surface area (Å²) in [4.78, 5) is 8.84. The van der Waals surface area contributed by atoms with Crippen LogP contribution >= 0.6 is 11.6 Å². The van der Waals surface area contributed by atoms with Crippen molar-refractivity contribution in [1.29, 1.82) is 0 Å². The van der Waals surface area contributed by atoms with Crippen molar-refractivity contribution in [2.75, 3.05) is 12.4 Å². The number of nitrogens with zero attached hydrogens (tertiary/aromatic N) is 2. The Bertz CT molecular complexity index is 614. The fourth-order valence-corrected chi connectivity index (χ4v) is 2.28. The first-order chi connectivity index (χ1) is 9.76. The molecule has 1 aromatic carbocycles. The first kappa shape index (κ1) is 13.2. The Balaban J connectivity index is 1.72. The molecular formula is C15H16ClN3O. The number of hydrogen-bond acceptors (Lipinski definition) is 4. The van der Waals surface area contributed by atoms with Gasteiger partial charge in [0.2, 0.25) is 0 Å². The molecule has 1 aliphatic carbocycles. The standard InChI is InChI=1S/C15H16ClN3O/c1-20-13-5-4-12(16)8-11(13)9-18-14-6-7-17-15(19-14)10-2-3-10/h4-8,10H,2-3,9H2,1H3,(H,17,18,19). The molecule has 0 aliphatic heterocycles. The van der Waals surface area contributed by atoms with Gasteiger partial charge in [0.15, 0.2) is 0 Å². The SMILES string of the molecule is COc1ccc(Cl)cc1CNc1ccnc(C2CC2)n1. The van der Waals surface area contributed by atoms with Crippen molar-refractivity contribution < 1.29 is 4.74 Å². The second kappa shape index (κ2) is 5.67. The molecule has 1 aromatic heterocycles. The first-order valence-corrected chi connectivity index (χ1v) is 7.03. The Morgan fingerprint density at radius 1 is 1.35 bits per heavy atom. The van der Waals surface area contributed by atoms with E-state index in [-0.39, 0.29) is 0 Å². The Kier molecular flexibility index (Phi) is 3.74. The summed E-state index contributed by atoms with van der Waals surface area (Å²) < 4.78 is 5.33. The maximum atomic E-state index is 6.02. The van der Waals surface area contributed by atoms with E-state index in [9.17, 15) is 0 Å². The number of rotatable bonds is 5. The van der Waals surface area contributed by atoms with E-state index in [2.05, 4.69) is 15.3 Å². The summed E-state index contributed by atoms with van der Waals surface area (Å²) in [5, 5.41) is 3.99. The quantitative estimate of drug-likeness (QED) is 0.913. The molecule has 5 heteroatoms. The maximum Gasteiger partial charge on any atom is 0.133 e. The van der Waals surface area contributed by atoms with E-state index in [1.807, 2.05) is 24.3 Å². The number of methoxy groups -OCH3 is 1. The van der Waals surface area contributed by atoms with Crippen LogP contribution in [-0.4, -0.2) is 17.1 Å². The van der Waals surface area contributed by atoms with Gasteiger partial charge in [-0.25, -0.2) is 9.97 Å². The van der Waals surface area contributed by atoms with Crippen molar-refractivity contribution in [2.24, 2.45) is 0 Å². The van der Waals surface area contributed by atoms with E-state index in [1.54, 1.807) is 13.3 Å². The molecule has 104 valence electrons. The van der Waals surface area contributed by atoms with E-state index >= 15 is 0 Å². The Labute approximate surface area is 123 Å². The molecule has 0 spiro atoms. The normalized spacial score (nSPS) is 14.1. The molecule has 0 atom stereocenters. The first-order valence-electron chi connectivity index (χ1n) is 6.65. The molecule has 3 rings (SSSR count). The number of aromatic nitrogens is 2. The number of hydrogen-bond donors (Lipinski definition) is 1. The summed E-state index contributed by atoms with van der Waals surface area (Å²) in [6.45, 7) is 0.616. The molecular weight excluding hydrogens is 274 g/mol. The predicted octanol–water partition coefficient (Wildman–Crippen LogP) is 3.63. The summed E-state index contributed by atoms with van der Waals surface area (Å²) in [6.07, 6.45) is 4.20. The summed E-state index contributed by atoms with van der Waals surface area (Å²) in [7, 11) is 1.66. The molecule has 20 heavy (non-hydrogen) atoms. The molecule has 0 amide bonds. The zero-order chi connectivity index (χ0) is 13.9. The van der Waals surface area contributed by atoms with Gasteiger partial charge < -0.3 is 10.1 Å². The van der Waals surface area contributed by atoms with Crippen LogP contribution in [0, 0.1) is 0 Å². The van der Waals surface area contributed by atoms with Gasteiger partial charge in [-0.1, -0.05) is 11.6 Å². The molecule has 0 radical (unpaired) electrons. The van der Waals surface area contributed by atoms with Gasteiger partial charge in [-0.15, -0.1) is 0 Å². The monoisotopic (exact) mass is 289 g/mol. The highest BCUT2D eigenvalue weighted by atomic mass is 35.5. The third-order valence-corrected chi connectivity index (χ3v) is 3.55. The van der Waals surface area contributed by atoms with E-state index < -0.39 is 0 Å². The predicted molar refractivity (Wildman–Crippen MR) is 79.3 cm³/mol. The van der Waals surface area contributed by atoms with Gasteiger partial charge in [0, 0.05) is 29.2 Å². The van der Waals surface area contributed by atoms with Crippen LogP contribution in [0.1, 0.15) is 30.1 Å². The minimum Gasteiger partial charge on any atom is -0.496 e. The topological polar surface area (TPSA) is 47.0 Å². The summed E-state index contributed by atoms with van der Waals surface area (Å²) in [6, 6.07) is 7.47. The van der Waals surface area contributed by atoms with Crippen LogP contribution < -0.4 is 10.1 Å². The summed E-state index contributed by atoms with van der Waals surface area (Å²) in [5.74, 6) is 3.15. The smallest absolute Gasteiger partial charge is 0.133 e. The lowest BCUT2D eigenvalue weighted by molar-refractivity contribution is 0.410. The van der Waals surface area contributed by atoms with Crippen molar-refractivity contribution >= 4 is 17.4 Å². The number of benzene rings is 1. The van der Waals surface area contributed by atoms with Crippen LogP contribution in [0.2, 0.25) is 5.02 Å². The lowest BCUT2D eigenvalue weighted by Crippen LogP contribution is -2.05. The molecule has 1 saturated carbocycles. The number of nitrogens with one attached hydrogen (secondary N) is 1. The molecule has 0 unspecified atom stereocenters. The zero-order valence-electron chi connectivity index (χ0n) is 11.3. The number of halogens is 1. The molecule has 1 N–H and O–H groups in total. The van der Waals surface area contributed by atoms with Crippen LogP contribution in [0.25, 0.3) is 0 Å². The van der Waals surface area contributed by atoms with Crippen molar-refractivity contribution in [3.63, 3.8) is 0 Å². The fraction of sp³-hybridized carbons (Fsp3) is 0.333. The maximum absolute atomic E-state index is 6.02. The van der Waals surface area contributed by atoms with Gasteiger partial charge in [0.1, 0.15) is 17.4 Å². The fourth-order valence-electron chi connectivity index (χ4n) is 2.08. The van der Waals surface area contributed by atoms with Gasteiger partial charge >= 0.3 is 0 Å². The number of anilines is 1. The lowest BCUT2D eigenvalue weighted by atomic mass is 10.2. The highest BCUT2D eigenvalue weighted by molar-refractivity contribution is 6.30. The molecule has 0 saturated heterocycles. The third kappa shape index (κ3) is 3.02. The Morgan fingerprint density at radius 2 is 2.20 bits per heavy atom. The van der Waals surface area contributed by atoms with Crippen LogP contribution in [0.15, 0.2) is 30.5 Å². The molecule has 2 aromatic rings. The molecule has 0 bridgehead atoms. The number of ether oxygens (including phenoxy) is 1. The molecule has 1 aliphatic rings. The van der Waals surface area contributed by atoms with E-state index in [1.165, 1.54) is 12.8 Å². The minimum atomic E-state index is 0.553. The Hall–Kier alpha value is -1.81. The van der Waals surface area contributed by atoms with Gasteiger partial charge in [0.05, 0.1) is 7.11 Å². The van der Waals surface area contributed by atoms with Crippen molar-refractivity contribution in [2.45, 2.75) is 25.3 Å². The molecule has 1 heterocycles. The van der Waals surface area contributed by atoms with Crippen LogP contribution in [-0.2, 0) is 6.54 Å². The minimum absolute atomic E-state index is 0.553. The van der Waals surface area contributed by atoms with Crippen molar-refractivity contribution in [1.82, 2.24) is 9.97 Å². The van der Waals surface area contributed by atoms with Crippen LogP contribution in [0.4, 0.5) is 5.82 Å². The van der Waals surface area contributed by atoms with E-state index in [4.69, 9.17) is 16.3 Å². The molecule has 1 fully saturated rings. The van der Waals surface area contributed by atoms with Crippen molar-refractivity contribution in [3.8, 4) is 5.75 Å². The van der Waals surface area contributed by atoms with Gasteiger partial charge in [-0.3, -0.25) is 0 Å². The molecule has 4 nitrogen and oxygen atoms in total. The van der Waals surface area contributed by atoms with Crippen molar-refractivity contribution in [3.05, 3.63) is 46.9 Å². The average Bonchev–Trinajstić information content (AvgIpc) is 3.30. The van der Waals surface area contributed by atoms with Crippen LogP contribution in [0.5, 0.6) is 5.75 Å². The van der Waals surface area contributed by atoms with Gasteiger partial charge in [0.25, 0.3) is 0 Å². The Morgan fingerprint density at radius 3 is 2.95 bits per heavy atom. The lowest BCUT2D eigenvalue weighted by Gasteiger charge is -2.11. The second-order valence-corrected chi connectivity index (χ2v) is 5.32. The largest absolute Gasteiger partial charge is 0.496 e.